The van der Waals surface area contributed by atoms with Gasteiger partial charge in [0.1, 0.15) is 11.3 Å². The Morgan fingerprint density at radius 3 is 2.86 bits per heavy atom. The molecule has 1 aromatic carbocycles. The van der Waals surface area contributed by atoms with E-state index in [-0.39, 0.29) is 11.9 Å². The first-order chi connectivity index (χ1) is 13.7. The van der Waals surface area contributed by atoms with Crippen molar-refractivity contribution in [2.45, 2.75) is 44.2 Å². The van der Waals surface area contributed by atoms with Crippen molar-refractivity contribution in [2.24, 2.45) is 0 Å². The van der Waals surface area contributed by atoms with Gasteiger partial charge in [-0.2, -0.15) is 0 Å². The standard InChI is InChI=1S/C22H24N4O2/c1-28-18-6-4-5-15(11-18)20-7-2-3-10-25(20)22(27)16-12-19-21(23-13-16)26(14-24-19)17-8-9-17/h4-6,11-14,17,20H,2-3,7-10H2,1H3. The molecule has 1 saturated heterocycles. The van der Waals surface area contributed by atoms with Gasteiger partial charge in [0.2, 0.25) is 0 Å². The topological polar surface area (TPSA) is 60.2 Å². The predicted octanol–water partition coefficient (Wildman–Crippen LogP) is 4.14. The molecule has 5 rings (SSSR count). The summed E-state index contributed by atoms with van der Waals surface area (Å²) >= 11 is 0. The summed E-state index contributed by atoms with van der Waals surface area (Å²) in [5.41, 5.74) is 3.41. The summed E-state index contributed by atoms with van der Waals surface area (Å²) in [6.07, 6.45) is 9.04. The molecular weight excluding hydrogens is 352 g/mol. The molecule has 1 amide bonds. The van der Waals surface area contributed by atoms with Gasteiger partial charge in [-0.3, -0.25) is 4.79 Å². The average molecular weight is 376 g/mol. The highest BCUT2D eigenvalue weighted by Crippen LogP contribution is 2.37. The van der Waals surface area contributed by atoms with Gasteiger partial charge < -0.3 is 14.2 Å². The monoisotopic (exact) mass is 376 g/mol. The normalized spacial score (nSPS) is 19.8. The van der Waals surface area contributed by atoms with Crippen LogP contribution in [-0.2, 0) is 0 Å². The van der Waals surface area contributed by atoms with Crippen LogP contribution in [0.15, 0.2) is 42.9 Å². The van der Waals surface area contributed by atoms with Crippen molar-refractivity contribution in [3.8, 4) is 5.75 Å². The third-order valence-corrected chi connectivity index (χ3v) is 5.84. The number of ether oxygens (including phenoxy) is 1. The zero-order valence-corrected chi connectivity index (χ0v) is 16.0. The number of hydrogen-bond acceptors (Lipinski definition) is 4. The number of fused-ring (bicyclic) bond motifs is 1. The molecule has 144 valence electrons. The smallest absolute Gasteiger partial charge is 0.256 e. The van der Waals surface area contributed by atoms with Gasteiger partial charge in [-0.05, 0) is 55.9 Å². The molecule has 2 aliphatic rings. The molecule has 1 unspecified atom stereocenters. The number of hydrogen-bond donors (Lipinski definition) is 0. The maximum absolute atomic E-state index is 13.4. The molecule has 1 atom stereocenters. The minimum atomic E-state index is 0.0305. The van der Waals surface area contributed by atoms with E-state index in [1.54, 1.807) is 13.3 Å². The minimum Gasteiger partial charge on any atom is -0.497 e. The number of nitrogens with zero attached hydrogens (tertiary/aromatic N) is 4. The number of carbonyl (C=O) groups excluding carboxylic acids is 1. The fraction of sp³-hybridized carbons (Fsp3) is 0.409. The Balaban J connectivity index is 1.45. The second kappa shape index (κ2) is 6.93. The Kier molecular flexibility index (Phi) is 4.26. The van der Waals surface area contributed by atoms with Crippen LogP contribution in [0, 0.1) is 0 Å². The predicted molar refractivity (Wildman–Crippen MR) is 106 cm³/mol. The van der Waals surface area contributed by atoms with E-state index in [1.807, 2.05) is 35.5 Å². The lowest BCUT2D eigenvalue weighted by molar-refractivity contribution is 0.0611. The van der Waals surface area contributed by atoms with Crippen molar-refractivity contribution in [2.75, 3.05) is 13.7 Å². The number of aromatic nitrogens is 3. The van der Waals surface area contributed by atoms with Crippen molar-refractivity contribution < 1.29 is 9.53 Å². The van der Waals surface area contributed by atoms with E-state index < -0.39 is 0 Å². The lowest BCUT2D eigenvalue weighted by Crippen LogP contribution is -2.38. The largest absolute Gasteiger partial charge is 0.497 e. The zero-order chi connectivity index (χ0) is 19.1. The van der Waals surface area contributed by atoms with Crippen molar-refractivity contribution >= 4 is 17.1 Å². The molecular formula is C22H24N4O2. The van der Waals surface area contributed by atoms with Crippen LogP contribution < -0.4 is 4.74 Å². The quantitative estimate of drug-likeness (QED) is 0.687. The highest BCUT2D eigenvalue weighted by atomic mass is 16.5. The number of benzene rings is 1. The highest BCUT2D eigenvalue weighted by Gasteiger charge is 2.30. The summed E-state index contributed by atoms with van der Waals surface area (Å²) in [5.74, 6) is 0.854. The van der Waals surface area contributed by atoms with Crippen molar-refractivity contribution in [1.82, 2.24) is 19.4 Å². The molecule has 1 saturated carbocycles. The number of likely N-dealkylation sites (tertiary alicyclic amines) is 1. The molecule has 3 aromatic rings. The van der Waals surface area contributed by atoms with Crippen molar-refractivity contribution in [3.63, 3.8) is 0 Å². The van der Waals surface area contributed by atoms with Crippen LogP contribution in [0.5, 0.6) is 5.75 Å². The van der Waals surface area contributed by atoms with E-state index in [2.05, 4.69) is 20.6 Å². The molecule has 0 radical (unpaired) electrons. The first kappa shape index (κ1) is 17.2. The Bertz CT molecular complexity index is 1020. The molecule has 3 heterocycles. The molecule has 0 N–H and O–H groups in total. The lowest BCUT2D eigenvalue weighted by Gasteiger charge is -2.36. The van der Waals surface area contributed by atoms with Gasteiger partial charge >= 0.3 is 0 Å². The molecule has 1 aliphatic heterocycles. The lowest BCUT2D eigenvalue weighted by atomic mass is 9.94. The first-order valence-corrected chi connectivity index (χ1v) is 10.0. The maximum Gasteiger partial charge on any atom is 0.256 e. The number of piperidine rings is 1. The highest BCUT2D eigenvalue weighted by molar-refractivity contribution is 5.96. The Morgan fingerprint density at radius 1 is 1.14 bits per heavy atom. The average Bonchev–Trinajstić information content (AvgIpc) is 3.51. The molecule has 6 nitrogen and oxygen atoms in total. The number of rotatable bonds is 4. The van der Waals surface area contributed by atoms with Crippen LogP contribution in [0.25, 0.3) is 11.2 Å². The van der Waals surface area contributed by atoms with Gasteiger partial charge in [-0.1, -0.05) is 12.1 Å². The van der Waals surface area contributed by atoms with Crippen LogP contribution in [0.4, 0.5) is 0 Å². The van der Waals surface area contributed by atoms with Crippen molar-refractivity contribution in [3.05, 3.63) is 54.0 Å². The van der Waals surface area contributed by atoms with Crippen molar-refractivity contribution in [1.29, 1.82) is 0 Å². The van der Waals surface area contributed by atoms with Gasteiger partial charge in [0.05, 0.1) is 25.0 Å². The SMILES string of the molecule is COc1cccc(C2CCCCN2C(=O)c2cnc3c(c2)ncn3C2CC2)c1. The second-order valence-corrected chi connectivity index (χ2v) is 7.74. The van der Waals surface area contributed by atoms with E-state index >= 15 is 0 Å². The van der Waals surface area contributed by atoms with E-state index in [0.29, 0.717) is 11.6 Å². The first-order valence-electron chi connectivity index (χ1n) is 10.0. The van der Waals surface area contributed by atoms with Crippen LogP contribution >= 0.6 is 0 Å². The van der Waals surface area contributed by atoms with E-state index in [4.69, 9.17) is 4.74 Å². The number of amides is 1. The Hall–Kier alpha value is -2.89. The molecule has 6 heteroatoms. The fourth-order valence-corrected chi connectivity index (χ4v) is 4.19. The molecule has 0 bridgehead atoms. The summed E-state index contributed by atoms with van der Waals surface area (Å²) in [5, 5.41) is 0. The van der Waals surface area contributed by atoms with Gasteiger partial charge in [-0.25, -0.2) is 9.97 Å². The second-order valence-electron chi connectivity index (χ2n) is 7.74. The third-order valence-electron chi connectivity index (χ3n) is 5.84. The number of carbonyl (C=O) groups is 1. The Labute approximate surface area is 164 Å². The Morgan fingerprint density at radius 2 is 2.04 bits per heavy atom. The van der Waals surface area contributed by atoms with Gasteiger partial charge in [0.15, 0.2) is 5.65 Å². The zero-order valence-electron chi connectivity index (χ0n) is 16.0. The van der Waals surface area contributed by atoms with Gasteiger partial charge in [0.25, 0.3) is 5.91 Å². The molecule has 2 fully saturated rings. The summed E-state index contributed by atoms with van der Waals surface area (Å²) in [7, 11) is 1.67. The van der Waals surface area contributed by atoms with Gasteiger partial charge in [-0.15, -0.1) is 0 Å². The summed E-state index contributed by atoms with van der Waals surface area (Å²) in [6.45, 7) is 0.759. The molecule has 1 aliphatic carbocycles. The number of pyridine rings is 1. The van der Waals surface area contributed by atoms with Gasteiger partial charge in [0, 0.05) is 18.8 Å². The van der Waals surface area contributed by atoms with E-state index in [1.165, 1.54) is 12.8 Å². The minimum absolute atomic E-state index is 0.0305. The maximum atomic E-state index is 13.4. The number of imidazole rings is 1. The van der Waals surface area contributed by atoms with E-state index in [0.717, 1.165) is 48.3 Å². The van der Waals surface area contributed by atoms with Crippen LogP contribution in [-0.4, -0.2) is 39.0 Å². The summed E-state index contributed by atoms with van der Waals surface area (Å²) < 4.78 is 7.51. The summed E-state index contributed by atoms with van der Waals surface area (Å²) in [6, 6.07) is 10.5. The van der Waals surface area contributed by atoms with Crippen LogP contribution in [0.2, 0.25) is 0 Å². The number of methoxy groups -OCH3 is 1. The third kappa shape index (κ3) is 3.03. The molecule has 28 heavy (non-hydrogen) atoms. The van der Waals surface area contributed by atoms with Crippen LogP contribution in [0.1, 0.15) is 60.1 Å². The van der Waals surface area contributed by atoms with Crippen LogP contribution in [0.3, 0.4) is 0 Å². The molecule has 0 spiro atoms. The van der Waals surface area contributed by atoms with E-state index in [9.17, 15) is 4.79 Å². The summed E-state index contributed by atoms with van der Waals surface area (Å²) in [4.78, 5) is 24.4. The molecule has 2 aromatic heterocycles. The fourth-order valence-electron chi connectivity index (χ4n) is 4.19.